The molecule has 1 aromatic carbocycles. The maximum Gasteiger partial charge on any atom is 0.414 e. The van der Waals surface area contributed by atoms with Crippen molar-refractivity contribution in [2.45, 2.75) is 25.8 Å². The third-order valence-corrected chi connectivity index (χ3v) is 3.90. The second-order valence-corrected chi connectivity index (χ2v) is 5.33. The molecule has 0 fully saturated rings. The molecule has 1 heterocycles. The van der Waals surface area contributed by atoms with Gasteiger partial charge in [0, 0.05) is 10.9 Å². The molecule has 2 rings (SSSR count). The van der Waals surface area contributed by atoms with Gasteiger partial charge in [0.25, 0.3) is 0 Å². The molecule has 1 aliphatic rings. The lowest BCUT2D eigenvalue weighted by molar-refractivity contribution is -0.107. The second kappa shape index (κ2) is 6.70. The number of ether oxygens (including phenoxy) is 1. The third kappa shape index (κ3) is 2.93. The van der Waals surface area contributed by atoms with Gasteiger partial charge in [-0.15, -0.1) is 0 Å². The van der Waals surface area contributed by atoms with Crippen molar-refractivity contribution < 1.29 is 14.3 Å². The summed E-state index contributed by atoms with van der Waals surface area (Å²) in [6.45, 7) is 2.10. The molecule has 0 N–H and O–H groups in total. The molecular formula is C15H16BrNO3. The Kier molecular flexibility index (Phi) is 4.95. The Morgan fingerprint density at radius 2 is 2.20 bits per heavy atom. The molecule has 1 aromatic rings. The van der Waals surface area contributed by atoms with Crippen LogP contribution in [0.2, 0.25) is 0 Å². The van der Waals surface area contributed by atoms with Crippen LogP contribution in [0.1, 0.15) is 25.3 Å². The van der Waals surface area contributed by atoms with Gasteiger partial charge < -0.3 is 9.53 Å². The van der Waals surface area contributed by atoms with Gasteiger partial charge in [0.05, 0.1) is 18.3 Å². The number of rotatable bonds is 4. The van der Waals surface area contributed by atoms with Gasteiger partial charge in [-0.2, -0.15) is 0 Å². The average molecular weight is 338 g/mol. The maximum absolute atomic E-state index is 12.2. The highest BCUT2D eigenvalue weighted by atomic mass is 79.9. The fourth-order valence-corrected chi connectivity index (χ4v) is 2.96. The Morgan fingerprint density at radius 3 is 2.90 bits per heavy atom. The number of carbonyl (C=O) groups excluding carboxylic acids is 2. The monoisotopic (exact) mass is 337 g/mol. The highest BCUT2D eigenvalue weighted by Crippen LogP contribution is 2.37. The molecule has 0 bridgehead atoms. The predicted octanol–water partition coefficient (Wildman–Crippen LogP) is 3.75. The first kappa shape index (κ1) is 14.8. The number of benzene rings is 1. The summed E-state index contributed by atoms with van der Waals surface area (Å²) >= 11 is 3.51. The molecule has 20 heavy (non-hydrogen) atoms. The Labute approximate surface area is 126 Å². The van der Waals surface area contributed by atoms with E-state index < -0.39 is 0 Å². The van der Waals surface area contributed by atoms with E-state index >= 15 is 0 Å². The van der Waals surface area contributed by atoms with Gasteiger partial charge in [-0.1, -0.05) is 34.1 Å². The van der Waals surface area contributed by atoms with Crippen molar-refractivity contribution in [3.8, 4) is 0 Å². The van der Waals surface area contributed by atoms with Crippen molar-refractivity contribution in [3.05, 3.63) is 34.3 Å². The minimum atomic E-state index is -0.388. The van der Waals surface area contributed by atoms with E-state index in [0.29, 0.717) is 19.4 Å². The van der Waals surface area contributed by atoms with Crippen LogP contribution in [0.25, 0.3) is 6.08 Å². The van der Waals surface area contributed by atoms with E-state index in [-0.39, 0.29) is 12.1 Å². The molecule has 0 spiro atoms. The topological polar surface area (TPSA) is 46.6 Å². The van der Waals surface area contributed by atoms with Crippen LogP contribution in [-0.2, 0) is 9.53 Å². The van der Waals surface area contributed by atoms with Crippen LogP contribution in [0.4, 0.5) is 10.5 Å². The molecule has 4 nitrogen and oxygen atoms in total. The number of anilines is 1. The summed E-state index contributed by atoms with van der Waals surface area (Å²) in [5, 5.41) is 0. The van der Waals surface area contributed by atoms with E-state index in [0.717, 1.165) is 22.0 Å². The average Bonchev–Trinajstić information content (AvgIpc) is 2.44. The molecule has 0 aromatic heterocycles. The first-order valence-electron chi connectivity index (χ1n) is 6.54. The Bertz CT molecular complexity index is 542. The van der Waals surface area contributed by atoms with Crippen LogP contribution in [0.3, 0.4) is 0 Å². The lowest BCUT2D eigenvalue weighted by Gasteiger charge is -2.35. The summed E-state index contributed by atoms with van der Waals surface area (Å²) in [6, 6.07) is 7.43. The molecule has 1 amide bonds. The van der Waals surface area contributed by atoms with E-state index in [4.69, 9.17) is 4.74 Å². The van der Waals surface area contributed by atoms with Crippen molar-refractivity contribution in [3.63, 3.8) is 0 Å². The summed E-state index contributed by atoms with van der Waals surface area (Å²) < 4.78 is 6.03. The third-order valence-electron chi connectivity index (χ3n) is 3.14. The minimum absolute atomic E-state index is 0.200. The summed E-state index contributed by atoms with van der Waals surface area (Å²) in [5.74, 6) is 0. The number of aldehydes is 1. The van der Waals surface area contributed by atoms with Gasteiger partial charge in [-0.3, -0.25) is 4.90 Å². The van der Waals surface area contributed by atoms with E-state index in [1.165, 1.54) is 0 Å². The lowest BCUT2D eigenvalue weighted by atomic mass is 10.0. The number of hydrogen-bond donors (Lipinski definition) is 0. The van der Waals surface area contributed by atoms with Crippen molar-refractivity contribution in [1.29, 1.82) is 0 Å². The van der Waals surface area contributed by atoms with E-state index in [1.807, 2.05) is 30.3 Å². The van der Waals surface area contributed by atoms with Crippen LogP contribution in [0, 0.1) is 0 Å². The Balaban J connectivity index is 2.41. The number of para-hydroxylation sites is 1. The number of fused-ring (bicyclic) bond motifs is 1. The summed E-state index contributed by atoms with van der Waals surface area (Å²) in [5.41, 5.74) is 1.76. The standard InChI is InChI=1S/C15H16BrNO3/c1-2-20-15(19)17-13-7-4-3-6-11(13)10-12(16)14(17)8-5-9-18/h3-4,6-7,9-10,14H,2,5,8H2,1H3. The maximum atomic E-state index is 12.2. The first-order valence-corrected chi connectivity index (χ1v) is 7.34. The van der Waals surface area contributed by atoms with Crippen LogP contribution < -0.4 is 4.90 Å². The highest BCUT2D eigenvalue weighted by Gasteiger charge is 2.32. The summed E-state index contributed by atoms with van der Waals surface area (Å²) in [6.07, 6.45) is 3.42. The zero-order chi connectivity index (χ0) is 14.5. The number of halogens is 1. The molecule has 106 valence electrons. The van der Waals surface area contributed by atoms with Crippen LogP contribution in [0.5, 0.6) is 0 Å². The van der Waals surface area contributed by atoms with Crippen LogP contribution >= 0.6 is 15.9 Å². The van der Waals surface area contributed by atoms with Gasteiger partial charge in [0.15, 0.2) is 0 Å². The number of carbonyl (C=O) groups is 2. The van der Waals surface area contributed by atoms with Crippen LogP contribution in [0.15, 0.2) is 28.7 Å². The van der Waals surface area contributed by atoms with Gasteiger partial charge in [0.2, 0.25) is 0 Å². The van der Waals surface area contributed by atoms with Gasteiger partial charge in [-0.05, 0) is 31.1 Å². The van der Waals surface area contributed by atoms with E-state index in [2.05, 4.69) is 15.9 Å². The molecule has 1 unspecified atom stereocenters. The predicted molar refractivity (Wildman–Crippen MR) is 81.9 cm³/mol. The fourth-order valence-electron chi connectivity index (χ4n) is 2.28. The van der Waals surface area contributed by atoms with Gasteiger partial charge in [0.1, 0.15) is 6.29 Å². The summed E-state index contributed by atoms with van der Waals surface area (Å²) in [7, 11) is 0. The molecule has 5 heteroatoms. The molecule has 0 saturated carbocycles. The first-order chi connectivity index (χ1) is 9.69. The SMILES string of the molecule is CCOC(=O)N1c2ccccc2C=C(Br)C1CCC=O. The quantitative estimate of drug-likeness (QED) is 0.786. The Morgan fingerprint density at radius 1 is 1.45 bits per heavy atom. The number of amides is 1. The smallest absolute Gasteiger partial charge is 0.414 e. The van der Waals surface area contributed by atoms with E-state index in [9.17, 15) is 9.59 Å². The molecule has 1 atom stereocenters. The van der Waals surface area contributed by atoms with E-state index in [1.54, 1.807) is 11.8 Å². The lowest BCUT2D eigenvalue weighted by Crippen LogP contribution is -2.43. The minimum Gasteiger partial charge on any atom is -0.449 e. The zero-order valence-corrected chi connectivity index (χ0v) is 12.8. The molecule has 0 saturated heterocycles. The van der Waals surface area contributed by atoms with Crippen molar-refractivity contribution in [1.82, 2.24) is 0 Å². The zero-order valence-electron chi connectivity index (χ0n) is 11.2. The summed E-state index contributed by atoms with van der Waals surface area (Å²) in [4.78, 5) is 24.5. The molecule has 0 aliphatic carbocycles. The van der Waals surface area contributed by atoms with Crippen molar-refractivity contribution in [2.24, 2.45) is 0 Å². The number of hydrogen-bond acceptors (Lipinski definition) is 3. The van der Waals surface area contributed by atoms with Gasteiger partial charge in [-0.25, -0.2) is 4.79 Å². The van der Waals surface area contributed by atoms with Crippen molar-refractivity contribution in [2.75, 3.05) is 11.5 Å². The second-order valence-electron chi connectivity index (χ2n) is 4.42. The molecule has 1 aliphatic heterocycles. The van der Waals surface area contributed by atoms with Crippen molar-refractivity contribution >= 4 is 40.1 Å². The highest BCUT2D eigenvalue weighted by molar-refractivity contribution is 9.11. The van der Waals surface area contributed by atoms with Crippen LogP contribution in [-0.4, -0.2) is 25.0 Å². The Hall–Kier alpha value is -1.62. The molecular weight excluding hydrogens is 322 g/mol. The normalized spacial score (nSPS) is 17.2. The fraction of sp³-hybridized carbons (Fsp3) is 0.333. The molecule has 0 radical (unpaired) electrons. The van der Waals surface area contributed by atoms with Gasteiger partial charge >= 0.3 is 6.09 Å². The number of nitrogens with zero attached hydrogens (tertiary/aromatic N) is 1. The largest absolute Gasteiger partial charge is 0.449 e.